The summed E-state index contributed by atoms with van der Waals surface area (Å²) >= 11 is 1.40. The molecule has 4 rings (SSSR count). The predicted molar refractivity (Wildman–Crippen MR) is 81.9 cm³/mol. The van der Waals surface area contributed by atoms with Crippen LogP contribution in [0.5, 0.6) is 5.75 Å². The van der Waals surface area contributed by atoms with Crippen LogP contribution in [0.3, 0.4) is 0 Å². The zero-order chi connectivity index (χ0) is 15.2. The van der Waals surface area contributed by atoms with Gasteiger partial charge in [0.15, 0.2) is 0 Å². The van der Waals surface area contributed by atoms with E-state index in [2.05, 4.69) is 10.5 Å². The number of hydrazone groups is 1. The maximum atomic E-state index is 14.0. The molecule has 0 saturated heterocycles. The van der Waals surface area contributed by atoms with Crippen LogP contribution in [-0.4, -0.2) is 11.7 Å². The normalized spacial score (nSPS) is 22.7. The molecule has 1 spiro atoms. The lowest BCUT2D eigenvalue weighted by atomic mass is 10.0. The van der Waals surface area contributed by atoms with Crippen molar-refractivity contribution >= 4 is 16.8 Å². The van der Waals surface area contributed by atoms with Crippen molar-refractivity contribution in [3.8, 4) is 5.75 Å². The number of hydrogen-bond acceptors (Lipinski definition) is 4. The van der Waals surface area contributed by atoms with Gasteiger partial charge in [0, 0.05) is 17.5 Å². The number of para-hydroxylation sites is 1. The van der Waals surface area contributed by atoms with Crippen molar-refractivity contribution < 1.29 is 13.5 Å². The maximum Gasteiger partial charge on any atom is 0.138 e. The number of hydrogen-bond donors (Lipinski definition) is 1. The van der Waals surface area contributed by atoms with Crippen molar-refractivity contribution in [3.63, 3.8) is 0 Å². The summed E-state index contributed by atoms with van der Waals surface area (Å²) in [5, 5.41) is 4.70. The van der Waals surface area contributed by atoms with E-state index in [-0.39, 0.29) is 5.56 Å². The van der Waals surface area contributed by atoms with E-state index in [1.54, 1.807) is 0 Å². The van der Waals surface area contributed by atoms with Crippen molar-refractivity contribution in [2.45, 2.75) is 11.3 Å². The van der Waals surface area contributed by atoms with E-state index in [1.807, 2.05) is 24.3 Å². The van der Waals surface area contributed by atoms with Crippen LogP contribution in [0, 0.1) is 11.6 Å². The molecular weight excluding hydrogens is 306 g/mol. The minimum atomic E-state index is -0.483. The minimum absolute atomic E-state index is 0.179. The third-order valence-electron chi connectivity index (χ3n) is 3.80. The lowest BCUT2D eigenvalue weighted by molar-refractivity contribution is 0.242. The van der Waals surface area contributed by atoms with E-state index >= 15 is 0 Å². The number of nitrogens with zero attached hydrogens (tertiary/aromatic N) is 1. The average Bonchev–Trinajstić information content (AvgIpc) is 2.95. The molecule has 0 saturated carbocycles. The Kier molecular flexibility index (Phi) is 3.07. The Balaban J connectivity index is 1.72. The summed E-state index contributed by atoms with van der Waals surface area (Å²) < 4.78 is 33.0. The first-order valence-corrected chi connectivity index (χ1v) is 7.71. The first-order valence-electron chi connectivity index (χ1n) is 6.90. The fourth-order valence-corrected chi connectivity index (χ4v) is 3.96. The lowest BCUT2D eigenvalue weighted by Gasteiger charge is -2.34. The molecule has 112 valence electrons. The molecule has 1 N–H and O–H groups in total. The number of nitrogens with one attached hydrogen (secondary N) is 1. The van der Waals surface area contributed by atoms with Gasteiger partial charge in [0.2, 0.25) is 0 Å². The van der Waals surface area contributed by atoms with E-state index in [1.165, 1.54) is 17.8 Å². The summed E-state index contributed by atoms with van der Waals surface area (Å²) in [6, 6.07) is 11.1. The van der Waals surface area contributed by atoms with Crippen LogP contribution in [0.2, 0.25) is 0 Å². The quantitative estimate of drug-likeness (QED) is 0.872. The molecular formula is C16H12F2N2OS. The van der Waals surface area contributed by atoms with Crippen LogP contribution >= 0.6 is 11.8 Å². The maximum absolute atomic E-state index is 14.0. The van der Waals surface area contributed by atoms with E-state index < -0.39 is 16.5 Å². The molecule has 2 heterocycles. The third kappa shape index (κ3) is 2.06. The van der Waals surface area contributed by atoms with E-state index in [9.17, 15) is 8.78 Å². The van der Waals surface area contributed by atoms with Gasteiger partial charge in [-0.15, -0.1) is 0 Å². The Morgan fingerprint density at radius 1 is 1.18 bits per heavy atom. The van der Waals surface area contributed by atoms with Crippen molar-refractivity contribution in [2.75, 3.05) is 6.61 Å². The fourth-order valence-electron chi connectivity index (χ4n) is 2.72. The molecule has 22 heavy (non-hydrogen) atoms. The number of thioether (sulfide) groups is 1. The van der Waals surface area contributed by atoms with E-state index in [0.29, 0.717) is 18.1 Å². The predicted octanol–water partition coefficient (Wildman–Crippen LogP) is 3.60. The topological polar surface area (TPSA) is 33.6 Å². The third-order valence-corrected chi connectivity index (χ3v) is 5.17. The molecule has 2 aliphatic rings. The van der Waals surface area contributed by atoms with Gasteiger partial charge in [-0.05, 0) is 24.3 Å². The molecule has 0 aromatic heterocycles. The molecule has 3 nitrogen and oxygen atoms in total. The number of fused-ring (bicyclic) bond motifs is 2. The van der Waals surface area contributed by atoms with Gasteiger partial charge < -0.3 is 4.74 Å². The molecule has 2 aliphatic heterocycles. The van der Waals surface area contributed by atoms with E-state index in [0.717, 1.165) is 23.4 Å². The summed E-state index contributed by atoms with van der Waals surface area (Å²) in [5.74, 6) is -0.162. The largest absolute Gasteiger partial charge is 0.493 e. The summed E-state index contributed by atoms with van der Waals surface area (Å²) in [7, 11) is 0. The average molecular weight is 318 g/mol. The molecule has 0 amide bonds. The Labute approximate surface area is 130 Å². The molecule has 6 heteroatoms. The Morgan fingerprint density at radius 3 is 2.95 bits per heavy atom. The Bertz CT molecular complexity index is 780. The molecule has 0 bridgehead atoms. The Hall–Kier alpha value is -2.08. The number of benzene rings is 2. The molecule has 1 unspecified atom stereocenters. The van der Waals surface area contributed by atoms with Gasteiger partial charge in [0.05, 0.1) is 6.61 Å². The first kappa shape index (κ1) is 13.6. The van der Waals surface area contributed by atoms with Crippen molar-refractivity contribution in [3.05, 3.63) is 65.2 Å². The zero-order valence-corrected chi connectivity index (χ0v) is 12.3. The van der Waals surface area contributed by atoms with Gasteiger partial charge in [-0.1, -0.05) is 30.0 Å². The molecule has 0 fully saturated rings. The van der Waals surface area contributed by atoms with Gasteiger partial charge in [0.25, 0.3) is 0 Å². The van der Waals surface area contributed by atoms with Crippen molar-refractivity contribution in [1.82, 2.24) is 5.43 Å². The molecule has 2 aromatic carbocycles. The van der Waals surface area contributed by atoms with Crippen LogP contribution in [0.1, 0.15) is 17.5 Å². The Morgan fingerprint density at radius 2 is 2.05 bits per heavy atom. The highest BCUT2D eigenvalue weighted by atomic mass is 32.2. The number of rotatable bonds is 1. The molecule has 2 aromatic rings. The highest BCUT2D eigenvalue weighted by Gasteiger charge is 2.43. The zero-order valence-electron chi connectivity index (χ0n) is 11.5. The van der Waals surface area contributed by atoms with Crippen LogP contribution in [0.25, 0.3) is 0 Å². The lowest BCUT2D eigenvalue weighted by Crippen LogP contribution is -2.38. The minimum Gasteiger partial charge on any atom is -0.493 e. The standard InChI is InChI=1S/C16H12F2N2OS/c17-10-5-6-13(18)11(9-10)15-19-20-16(22-15)7-8-21-14-4-2-1-3-12(14)16/h1-6,9,20H,7-8H2. The first-order chi connectivity index (χ1) is 10.7. The monoisotopic (exact) mass is 318 g/mol. The second kappa shape index (κ2) is 4.98. The van der Waals surface area contributed by atoms with Crippen molar-refractivity contribution in [2.24, 2.45) is 5.10 Å². The van der Waals surface area contributed by atoms with E-state index in [4.69, 9.17) is 4.74 Å². The van der Waals surface area contributed by atoms with Crippen LogP contribution in [0.15, 0.2) is 47.6 Å². The second-order valence-electron chi connectivity index (χ2n) is 5.18. The SMILES string of the molecule is Fc1ccc(F)c(C2=NNC3(CCOc4ccccc43)S2)c1. The highest BCUT2D eigenvalue weighted by Crippen LogP contribution is 2.48. The van der Waals surface area contributed by atoms with Crippen molar-refractivity contribution in [1.29, 1.82) is 0 Å². The van der Waals surface area contributed by atoms with Crippen LogP contribution < -0.4 is 10.2 Å². The van der Waals surface area contributed by atoms with Gasteiger partial charge in [-0.3, -0.25) is 5.43 Å². The highest BCUT2D eigenvalue weighted by molar-refractivity contribution is 8.15. The van der Waals surface area contributed by atoms with Crippen LogP contribution in [-0.2, 0) is 4.87 Å². The van der Waals surface area contributed by atoms with Gasteiger partial charge in [-0.25, -0.2) is 8.78 Å². The summed E-state index contributed by atoms with van der Waals surface area (Å²) in [6.07, 6.45) is 0.693. The summed E-state index contributed by atoms with van der Waals surface area (Å²) in [5.41, 5.74) is 4.26. The molecule has 1 atom stereocenters. The van der Waals surface area contributed by atoms with Gasteiger partial charge in [0.1, 0.15) is 27.3 Å². The van der Waals surface area contributed by atoms with Crippen LogP contribution in [0.4, 0.5) is 8.78 Å². The summed E-state index contributed by atoms with van der Waals surface area (Å²) in [4.78, 5) is -0.483. The van der Waals surface area contributed by atoms with Gasteiger partial charge >= 0.3 is 0 Å². The van der Waals surface area contributed by atoms with Gasteiger partial charge in [-0.2, -0.15) is 5.10 Å². The summed E-state index contributed by atoms with van der Waals surface area (Å²) in [6.45, 7) is 0.547. The second-order valence-corrected chi connectivity index (χ2v) is 6.46. The molecule has 0 radical (unpaired) electrons. The fraction of sp³-hybridized carbons (Fsp3) is 0.188. The number of ether oxygens (including phenoxy) is 1. The number of halogens is 2. The smallest absolute Gasteiger partial charge is 0.138 e. The molecule has 0 aliphatic carbocycles.